The normalized spacial score (nSPS) is 22.3. The summed E-state index contributed by atoms with van der Waals surface area (Å²) < 4.78 is 0. The van der Waals surface area contributed by atoms with E-state index in [1.54, 1.807) is 0 Å². The lowest BCUT2D eigenvalue weighted by molar-refractivity contribution is -0.120. The van der Waals surface area contributed by atoms with Gasteiger partial charge in [-0.05, 0) is 44.5 Å². The SMILES string of the molecule is CC1CC(C(=O)Nc2cc(Cl)ccc2C(=O)O)CCN1. The van der Waals surface area contributed by atoms with Crippen molar-refractivity contribution in [3.8, 4) is 0 Å². The number of carbonyl (C=O) groups excluding carboxylic acids is 1. The van der Waals surface area contributed by atoms with Gasteiger partial charge in [0.15, 0.2) is 0 Å². The number of hydrogen-bond donors (Lipinski definition) is 3. The van der Waals surface area contributed by atoms with Crippen molar-refractivity contribution in [2.75, 3.05) is 11.9 Å². The number of carbonyl (C=O) groups is 2. The Balaban J connectivity index is 2.14. The lowest BCUT2D eigenvalue weighted by atomic mass is 9.92. The van der Waals surface area contributed by atoms with E-state index in [0.717, 1.165) is 19.4 Å². The van der Waals surface area contributed by atoms with E-state index >= 15 is 0 Å². The predicted octanol–water partition coefficient (Wildman–Crippen LogP) is 2.36. The molecule has 1 fully saturated rings. The zero-order valence-corrected chi connectivity index (χ0v) is 11.9. The molecular weight excluding hydrogens is 280 g/mol. The van der Waals surface area contributed by atoms with E-state index in [1.165, 1.54) is 18.2 Å². The molecule has 0 radical (unpaired) electrons. The average molecular weight is 297 g/mol. The Morgan fingerprint density at radius 2 is 2.20 bits per heavy atom. The Kier molecular flexibility index (Phi) is 4.62. The molecule has 2 unspecified atom stereocenters. The van der Waals surface area contributed by atoms with E-state index in [1.807, 2.05) is 6.92 Å². The van der Waals surface area contributed by atoms with Gasteiger partial charge in [0, 0.05) is 17.0 Å². The molecule has 1 aromatic carbocycles. The molecule has 1 saturated heterocycles. The largest absolute Gasteiger partial charge is 0.478 e. The van der Waals surface area contributed by atoms with Crippen LogP contribution in [0, 0.1) is 5.92 Å². The zero-order valence-electron chi connectivity index (χ0n) is 11.1. The van der Waals surface area contributed by atoms with E-state index in [4.69, 9.17) is 16.7 Å². The molecule has 1 heterocycles. The van der Waals surface area contributed by atoms with Crippen molar-refractivity contribution >= 4 is 29.2 Å². The number of benzene rings is 1. The molecule has 0 aliphatic carbocycles. The van der Waals surface area contributed by atoms with Crippen molar-refractivity contribution in [3.05, 3.63) is 28.8 Å². The van der Waals surface area contributed by atoms with Crippen molar-refractivity contribution < 1.29 is 14.7 Å². The lowest BCUT2D eigenvalue weighted by Gasteiger charge is -2.27. The van der Waals surface area contributed by atoms with E-state index in [0.29, 0.717) is 5.02 Å². The van der Waals surface area contributed by atoms with Crippen molar-refractivity contribution in [3.63, 3.8) is 0 Å². The van der Waals surface area contributed by atoms with E-state index in [9.17, 15) is 9.59 Å². The zero-order chi connectivity index (χ0) is 14.7. The summed E-state index contributed by atoms with van der Waals surface area (Å²) in [4.78, 5) is 23.4. The minimum absolute atomic E-state index is 0.0460. The smallest absolute Gasteiger partial charge is 0.337 e. The fourth-order valence-corrected chi connectivity index (χ4v) is 2.58. The molecule has 0 aromatic heterocycles. The monoisotopic (exact) mass is 296 g/mol. The first-order valence-corrected chi connectivity index (χ1v) is 6.92. The molecule has 6 heteroatoms. The van der Waals surface area contributed by atoms with Gasteiger partial charge in [0.05, 0.1) is 11.3 Å². The highest BCUT2D eigenvalue weighted by atomic mass is 35.5. The molecule has 108 valence electrons. The van der Waals surface area contributed by atoms with Crippen molar-refractivity contribution in [2.45, 2.75) is 25.8 Å². The minimum atomic E-state index is -1.09. The van der Waals surface area contributed by atoms with Gasteiger partial charge in [-0.1, -0.05) is 11.6 Å². The number of anilines is 1. The molecule has 0 spiro atoms. The van der Waals surface area contributed by atoms with Gasteiger partial charge in [-0.2, -0.15) is 0 Å². The maximum Gasteiger partial charge on any atom is 0.337 e. The second kappa shape index (κ2) is 6.24. The Morgan fingerprint density at radius 1 is 1.45 bits per heavy atom. The molecule has 0 saturated carbocycles. The predicted molar refractivity (Wildman–Crippen MR) is 77.2 cm³/mol. The third-order valence-electron chi connectivity index (χ3n) is 3.46. The molecule has 2 atom stereocenters. The highest BCUT2D eigenvalue weighted by Gasteiger charge is 2.25. The van der Waals surface area contributed by atoms with Crippen LogP contribution in [-0.2, 0) is 4.79 Å². The van der Waals surface area contributed by atoms with Crippen molar-refractivity contribution in [1.82, 2.24) is 5.32 Å². The molecule has 3 N–H and O–H groups in total. The van der Waals surface area contributed by atoms with E-state index in [2.05, 4.69) is 10.6 Å². The molecule has 1 aliphatic heterocycles. The molecule has 0 bridgehead atoms. The van der Waals surface area contributed by atoms with Crippen LogP contribution in [0.1, 0.15) is 30.1 Å². The standard InChI is InChI=1S/C14H17ClN2O3/c1-8-6-9(4-5-16-8)13(18)17-12-7-10(15)2-3-11(12)14(19)20/h2-3,7-9,16H,4-6H2,1H3,(H,17,18)(H,19,20). The van der Waals surface area contributed by atoms with E-state index in [-0.39, 0.29) is 29.1 Å². The quantitative estimate of drug-likeness (QED) is 0.800. The summed E-state index contributed by atoms with van der Waals surface area (Å²) in [6.07, 6.45) is 1.49. The summed E-state index contributed by atoms with van der Waals surface area (Å²) in [7, 11) is 0. The molecule has 1 aliphatic rings. The maximum absolute atomic E-state index is 12.2. The molecule has 20 heavy (non-hydrogen) atoms. The van der Waals surface area contributed by atoms with Gasteiger partial charge in [0.2, 0.25) is 5.91 Å². The summed E-state index contributed by atoms with van der Waals surface area (Å²) in [6.45, 7) is 2.82. The van der Waals surface area contributed by atoms with Crippen LogP contribution >= 0.6 is 11.6 Å². The van der Waals surface area contributed by atoms with Crippen LogP contribution in [0.4, 0.5) is 5.69 Å². The Bertz CT molecular complexity index is 533. The first-order chi connectivity index (χ1) is 9.47. The highest BCUT2D eigenvalue weighted by molar-refractivity contribution is 6.31. The molecule has 5 nitrogen and oxygen atoms in total. The summed E-state index contributed by atoms with van der Waals surface area (Å²) in [5.74, 6) is -1.34. The maximum atomic E-state index is 12.2. The minimum Gasteiger partial charge on any atom is -0.478 e. The second-order valence-electron chi connectivity index (χ2n) is 5.06. The van der Waals surface area contributed by atoms with Crippen LogP contribution in [0.15, 0.2) is 18.2 Å². The van der Waals surface area contributed by atoms with Gasteiger partial charge in [0.1, 0.15) is 0 Å². The number of amides is 1. The third-order valence-corrected chi connectivity index (χ3v) is 3.70. The summed E-state index contributed by atoms with van der Waals surface area (Å²) in [6, 6.07) is 4.64. The number of piperidine rings is 1. The Morgan fingerprint density at radius 3 is 2.85 bits per heavy atom. The van der Waals surface area contributed by atoms with Gasteiger partial charge in [-0.15, -0.1) is 0 Å². The first-order valence-electron chi connectivity index (χ1n) is 6.54. The van der Waals surface area contributed by atoms with Crippen LogP contribution < -0.4 is 10.6 Å². The third kappa shape index (κ3) is 3.49. The van der Waals surface area contributed by atoms with Gasteiger partial charge >= 0.3 is 5.97 Å². The molecular formula is C14H17ClN2O3. The molecule has 1 amide bonds. The van der Waals surface area contributed by atoms with Crippen molar-refractivity contribution in [2.24, 2.45) is 5.92 Å². The van der Waals surface area contributed by atoms with Crippen LogP contribution in [0.2, 0.25) is 5.02 Å². The summed E-state index contributed by atoms with van der Waals surface area (Å²) in [5, 5.41) is 15.5. The fraction of sp³-hybridized carbons (Fsp3) is 0.429. The Hall–Kier alpha value is -1.59. The number of carboxylic acid groups (broad SMARTS) is 1. The number of nitrogens with one attached hydrogen (secondary N) is 2. The molecule has 1 aromatic rings. The van der Waals surface area contributed by atoms with Crippen LogP contribution in [-0.4, -0.2) is 29.6 Å². The van der Waals surface area contributed by atoms with Gasteiger partial charge in [-0.25, -0.2) is 4.79 Å². The van der Waals surface area contributed by atoms with Gasteiger partial charge in [-0.3, -0.25) is 4.79 Å². The number of hydrogen-bond acceptors (Lipinski definition) is 3. The number of carboxylic acids is 1. The topological polar surface area (TPSA) is 78.4 Å². The lowest BCUT2D eigenvalue weighted by Crippen LogP contribution is -2.40. The average Bonchev–Trinajstić information content (AvgIpc) is 2.38. The second-order valence-corrected chi connectivity index (χ2v) is 5.50. The van der Waals surface area contributed by atoms with E-state index < -0.39 is 5.97 Å². The fourth-order valence-electron chi connectivity index (χ4n) is 2.41. The van der Waals surface area contributed by atoms with Gasteiger partial charge in [0.25, 0.3) is 0 Å². The number of rotatable bonds is 3. The molecule has 2 rings (SSSR count). The van der Waals surface area contributed by atoms with Crippen LogP contribution in [0.3, 0.4) is 0 Å². The Labute approximate surface area is 122 Å². The number of halogens is 1. The van der Waals surface area contributed by atoms with Crippen molar-refractivity contribution in [1.29, 1.82) is 0 Å². The summed E-state index contributed by atoms with van der Waals surface area (Å²) in [5.41, 5.74) is 0.297. The first kappa shape index (κ1) is 14.8. The van der Waals surface area contributed by atoms with Crippen LogP contribution in [0.25, 0.3) is 0 Å². The number of aromatic carboxylic acids is 1. The summed E-state index contributed by atoms with van der Waals surface area (Å²) >= 11 is 5.86. The van der Waals surface area contributed by atoms with Gasteiger partial charge < -0.3 is 15.7 Å². The van der Waals surface area contributed by atoms with Crippen LogP contribution in [0.5, 0.6) is 0 Å². The highest BCUT2D eigenvalue weighted by Crippen LogP contribution is 2.24.